The fourth-order valence-electron chi connectivity index (χ4n) is 2.50. The summed E-state index contributed by atoms with van der Waals surface area (Å²) in [7, 11) is 0. The third kappa shape index (κ3) is 2.65. The number of rotatable bonds is 2. The van der Waals surface area contributed by atoms with E-state index in [0.29, 0.717) is 10.8 Å². The molecule has 0 unspecified atom stereocenters. The minimum atomic E-state index is -3.73. The van der Waals surface area contributed by atoms with E-state index in [1.165, 1.54) is 18.2 Å². The van der Waals surface area contributed by atoms with Gasteiger partial charge in [-0.05, 0) is 18.2 Å². The summed E-state index contributed by atoms with van der Waals surface area (Å²) in [6.45, 7) is 0. The van der Waals surface area contributed by atoms with E-state index in [4.69, 9.17) is 0 Å². The van der Waals surface area contributed by atoms with Crippen LogP contribution in [0, 0.1) is 0 Å². The van der Waals surface area contributed by atoms with Gasteiger partial charge in [0.05, 0.1) is 5.39 Å². The molecule has 4 rings (SSSR count). The number of hydrogen-bond donors (Lipinski definition) is 2. The Morgan fingerprint density at radius 3 is 2.60 bits per heavy atom. The Morgan fingerprint density at radius 1 is 1.08 bits per heavy atom. The number of carbonyl (C=O) groups is 1. The molecule has 0 fully saturated rings. The highest BCUT2D eigenvalue weighted by Gasteiger charge is 2.43. The lowest BCUT2D eigenvalue weighted by Gasteiger charge is -2.07. The van der Waals surface area contributed by atoms with Crippen molar-refractivity contribution in [3.63, 3.8) is 0 Å². The van der Waals surface area contributed by atoms with Gasteiger partial charge >= 0.3 is 6.29 Å². The van der Waals surface area contributed by atoms with Gasteiger partial charge in [-0.2, -0.15) is 5.10 Å². The van der Waals surface area contributed by atoms with Crippen molar-refractivity contribution in [1.29, 1.82) is 0 Å². The molecule has 25 heavy (non-hydrogen) atoms. The number of amides is 1. The van der Waals surface area contributed by atoms with Crippen molar-refractivity contribution in [2.45, 2.75) is 6.29 Å². The molecule has 1 aromatic heterocycles. The van der Waals surface area contributed by atoms with Crippen LogP contribution in [0.2, 0.25) is 0 Å². The summed E-state index contributed by atoms with van der Waals surface area (Å²) in [6.07, 6.45) is -3.73. The molecule has 0 bridgehead atoms. The maximum atomic E-state index is 13.0. The topological polar surface area (TPSA) is 93.3 Å². The number of nitrogens with zero attached hydrogens (tertiary/aromatic N) is 1. The third-order valence-electron chi connectivity index (χ3n) is 3.57. The van der Waals surface area contributed by atoms with Crippen LogP contribution in [-0.2, 0) is 0 Å². The van der Waals surface area contributed by atoms with Gasteiger partial charge in [-0.1, -0.05) is 18.2 Å². The highest BCUT2D eigenvalue weighted by molar-refractivity contribution is 6.11. The number of hydrogen-bond acceptors (Lipinski definition) is 5. The number of benzene rings is 2. The van der Waals surface area contributed by atoms with E-state index in [-0.39, 0.29) is 22.9 Å². The van der Waals surface area contributed by atoms with Gasteiger partial charge in [0, 0.05) is 17.1 Å². The van der Waals surface area contributed by atoms with Gasteiger partial charge in [0.25, 0.3) is 11.5 Å². The Morgan fingerprint density at radius 2 is 1.80 bits per heavy atom. The first-order valence-electron chi connectivity index (χ1n) is 7.12. The number of anilines is 1. The average molecular weight is 345 g/mol. The number of halogens is 2. The molecule has 1 amide bonds. The Bertz CT molecular complexity index is 1060. The zero-order valence-electron chi connectivity index (χ0n) is 12.4. The average Bonchev–Trinajstić information content (AvgIpc) is 2.88. The number of alkyl halides is 2. The van der Waals surface area contributed by atoms with Gasteiger partial charge in [-0.25, -0.2) is 5.10 Å². The minimum absolute atomic E-state index is 0.00167. The molecule has 1 aliphatic heterocycles. The van der Waals surface area contributed by atoms with E-state index in [1.807, 2.05) is 0 Å². The predicted octanol–water partition coefficient (Wildman–Crippen LogP) is 2.50. The normalized spacial score (nSPS) is 14.5. The van der Waals surface area contributed by atoms with Crippen molar-refractivity contribution in [3.8, 4) is 11.5 Å². The largest absolute Gasteiger partial charge is 0.586 e. The minimum Gasteiger partial charge on any atom is -0.395 e. The summed E-state index contributed by atoms with van der Waals surface area (Å²) in [4.78, 5) is 24.2. The van der Waals surface area contributed by atoms with Crippen molar-refractivity contribution in [1.82, 2.24) is 10.2 Å². The van der Waals surface area contributed by atoms with Crippen LogP contribution < -0.4 is 20.3 Å². The second-order valence-electron chi connectivity index (χ2n) is 5.23. The Labute approximate surface area is 138 Å². The van der Waals surface area contributed by atoms with Crippen molar-refractivity contribution in [2.24, 2.45) is 0 Å². The van der Waals surface area contributed by atoms with Gasteiger partial charge in [-0.15, -0.1) is 8.78 Å². The van der Waals surface area contributed by atoms with Crippen molar-refractivity contribution in [2.75, 3.05) is 5.32 Å². The molecule has 126 valence electrons. The predicted molar refractivity (Wildman–Crippen MR) is 83.0 cm³/mol. The van der Waals surface area contributed by atoms with Gasteiger partial charge in [0.1, 0.15) is 0 Å². The van der Waals surface area contributed by atoms with E-state index in [1.54, 1.807) is 24.3 Å². The van der Waals surface area contributed by atoms with E-state index in [0.717, 1.165) is 0 Å². The molecule has 2 N–H and O–H groups in total. The van der Waals surface area contributed by atoms with E-state index < -0.39 is 17.8 Å². The SMILES string of the molecule is O=C(Nc1ccc2c(c1)OC(F)(F)O2)c1n[nH]c(=O)c2ccccc12. The zero-order chi connectivity index (χ0) is 17.6. The van der Waals surface area contributed by atoms with E-state index in [2.05, 4.69) is 25.0 Å². The fourth-order valence-corrected chi connectivity index (χ4v) is 2.50. The summed E-state index contributed by atoms with van der Waals surface area (Å²) >= 11 is 0. The molecule has 7 nitrogen and oxygen atoms in total. The molecule has 1 aliphatic rings. The number of H-pyrrole nitrogens is 1. The molecule has 0 radical (unpaired) electrons. The smallest absolute Gasteiger partial charge is 0.395 e. The number of carbonyl (C=O) groups excluding carboxylic acids is 1. The number of fused-ring (bicyclic) bond motifs is 2. The number of aromatic amines is 1. The highest BCUT2D eigenvalue weighted by atomic mass is 19.3. The molecule has 2 heterocycles. The Kier molecular flexibility index (Phi) is 3.17. The van der Waals surface area contributed by atoms with Gasteiger partial charge in [0.2, 0.25) is 0 Å². The van der Waals surface area contributed by atoms with E-state index >= 15 is 0 Å². The second-order valence-corrected chi connectivity index (χ2v) is 5.23. The first-order chi connectivity index (χ1) is 11.9. The first kappa shape index (κ1) is 15.1. The van der Waals surface area contributed by atoms with Crippen LogP contribution in [0.4, 0.5) is 14.5 Å². The molecule has 0 spiro atoms. The highest BCUT2D eigenvalue weighted by Crippen LogP contribution is 2.42. The summed E-state index contributed by atoms with van der Waals surface area (Å²) in [5, 5.41) is 9.23. The molecule has 0 atom stereocenters. The molecule has 2 aromatic carbocycles. The molecule has 0 saturated heterocycles. The Balaban J connectivity index is 1.66. The maximum absolute atomic E-state index is 13.0. The Hall–Kier alpha value is -3.49. The van der Waals surface area contributed by atoms with Gasteiger partial charge < -0.3 is 14.8 Å². The maximum Gasteiger partial charge on any atom is 0.586 e. The number of ether oxygens (including phenoxy) is 2. The lowest BCUT2D eigenvalue weighted by molar-refractivity contribution is -0.286. The first-order valence-corrected chi connectivity index (χ1v) is 7.12. The van der Waals surface area contributed by atoms with Crippen LogP contribution >= 0.6 is 0 Å². The molecular formula is C16H9F2N3O4. The zero-order valence-corrected chi connectivity index (χ0v) is 12.4. The summed E-state index contributed by atoms with van der Waals surface area (Å²) in [6, 6.07) is 10.3. The van der Waals surface area contributed by atoms with Crippen LogP contribution in [0.3, 0.4) is 0 Å². The number of aromatic nitrogens is 2. The quantitative estimate of drug-likeness (QED) is 0.744. The fraction of sp³-hybridized carbons (Fsp3) is 0.0625. The third-order valence-corrected chi connectivity index (χ3v) is 3.57. The second kappa shape index (κ2) is 5.26. The molecule has 0 saturated carbocycles. The summed E-state index contributed by atoms with van der Waals surface area (Å²) in [5.74, 6) is -0.934. The molecule has 0 aliphatic carbocycles. The van der Waals surface area contributed by atoms with Crippen LogP contribution in [0.25, 0.3) is 10.8 Å². The standard InChI is InChI=1S/C16H9F2N3O4/c17-16(18)24-11-6-5-8(7-12(11)25-16)19-15(23)13-9-3-1-2-4-10(9)14(22)21-20-13/h1-7H,(H,19,23)(H,21,22). The molecule has 9 heteroatoms. The van der Waals surface area contributed by atoms with Crippen molar-refractivity contribution < 1.29 is 23.0 Å². The van der Waals surface area contributed by atoms with Crippen LogP contribution in [0.1, 0.15) is 10.5 Å². The summed E-state index contributed by atoms with van der Waals surface area (Å²) < 4.78 is 34.7. The van der Waals surface area contributed by atoms with Crippen molar-refractivity contribution in [3.05, 3.63) is 58.5 Å². The lowest BCUT2D eigenvalue weighted by Crippen LogP contribution is -2.25. The van der Waals surface area contributed by atoms with Crippen molar-refractivity contribution >= 4 is 22.4 Å². The lowest BCUT2D eigenvalue weighted by atomic mass is 10.1. The van der Waals surface area contributed by atoms with Gasteiger partial charge in [-0.3, -0.25) is 9.59 Å². The summed E-state index contributed by atoms with van der Waals surface area (Å²) in [5.41, 5.74) is -0.210. The monoisotopic (exact) mass is 345 g/mol. The van der Waals surface area contributed by atoms with E-state index in [9.17, 15) is 18.4 Å². The van der Waals surface area contributed by atoms with Crippen LogP contribution in [0.15, 0.2) is 47.3 Å². The van der Waals surface area contributed by atoms with Crippen LogP contribution in [-0.4, -0.2) is 22.4 Å². The number of nitrogens with one attached hydrogen (secondary N) is 2. The molecular weight excluding hydrogens is 336 g/mol. The molecule has 3 aromatic rings. The van der Waals surface area contributed by atoms with Crippen LogP contribution in [0.5, 0.6) is 11.5 Å². The van der Waals surface area contributed by atoms with Gasteiger partial charge in [0.15, 0.2) is 17.2 Å².